The highest BCUT2D eigenvalue weighted by atomic mass is 32.1. The Morgan fingerprint density at radius 2 is 2.18 bits per heavy atom. The standard InChI is InChI=1S/C9H14N2O5S/c12-3-4-6(14)7(15)8(16-4)11-2-1-5(13)10-9(11)17/h4,6-8,12,14-15H,1-3H2,(H,10,13,17)/t4-,6-,7-,8-/m1/s1. The second-order valence-corrected chi connectivity index (χ2v) is 4.41. The molecule has 0 unspecified atom stereocenters. The number of nitrogens with one attached hydrogen (secondary N) is 1. The van der Waals surface area contributed by atoms with E-state index in [-0.39, 0.29) is 24.0 Å². The van der Waals surface area contributed by atoms with E-state index in [0.717, 1.165) is 0 Å². The molecule has 0 bridgehead atoms. The van der Waals surface area contributed by atoms with Crippen molar-refractivity contribution in [1.29, 1.82) is 0 Å². The van der Waals surface area contributed by atoms with Gasteiger partial charge in [-0.3, -0.25) is 4.79 Å². The fraction of sp³-hybridized carbons (Fsp3) is 0.778. The van der Waals surface area contributed by atoms with Crippen LogP contribution < -0.4 is 5.32 Å². The van der Waals surface area contributed by atoms with E-state index in [9.17, 15) is 15.0 Å². The van der Waals surface area contributed by atoms with Gasteiger partial charge in [0.15, 0.2) is 11.3 Å². The van der Waals surface area contributed by atoms with Crippen LogP contribution in [0.15, 0.2) is 0 Å². The summed E-state index contributed by atoms with van der Waals surface area (Å²) in [7, 11) is 0. The van der Waals surface area contributed by atoms with Crippen molar-refractivity contribution in [2.75, 3.05) is 13.2 Å². The molecule has 4 N–H and O–H groups in total. The number of ether oxygens (including phenoxy) is 1. The lowest BCUT2D eigenvalue weighted by molar-refractivity contribution is -0.123. The summed E-state index contributed by atoms with van der Waals surface area (Å²) in [5.74, 6) is -0.182. The SMILES string of the molecule is O=C1CCN([C@@H]2O[C@H](CO)[C@@H](O)[C@H]2O)C(=S)N1. The molecule has 1 amide bonds. The quantitative estimate of drug-likeness (QED) is 0.409. The number of aliphatic hydroxyl groups excluding tert-OH is 3. The minimum Gasteiger partial charge on any atom is -0.394 e. The van der Waals surface area contributed by atoms with Crippen LogP contribution in [0.5, 0.6) is 0 Å². The first-order chi connectivity index (χ1) is 8.04. The van der Waals surface area contributed by atoms with E-state index in [2.05, 4.69) is 5.32 Å². The molecule has 2 heterocycles. The van der Waals surface area contributed by atoms with E-state index in [1.165, 1.54) is 4.90 Å². The van der Waals surface area contributed by atoms with E-state index < -0.39 is 24.5 Å². The van der Waals surface area contributed by atoms with E-state index in [1.54, 1.807) is 0 Å². The third-order valence-electron chi connectivity index (χ3n) is 2.91. The average Bonchev–Trinajstić information content (AvgIpc) is 2.57. The Morgan fingerprint density at radius 1 is 1.47 bits per heavy atom. The molecule has 2 fully saturated rings. The van der Waals surface area contributed by atoms with Crippen LogP contribution in [0.25, 0.3) is 0 Å². The predicted molar refractivity (Wildman–Crippen MR) is 59.8 cm³/mol. The molecule has 2 aliphatic heterocycles. The zero-order valence-corrected chi connectivity index (χ0v) is 9.76. The largest absolute Gasteiger partial charge is 0.394 e. The summed E-state index contributed by atoms with van der Waals surface area (Å²) >= 11 is 4.97. The van der Waals surface area contributed by atoms with Crippen molar-refractivity contribution in [2.24, 2.45) is 0 Å². The van der Waals surface area contributed by atoms with Crippen LogP contribution in [0.1, 0.15) is 6.42 Å². The van der Waals surface area contributed by atoms with Gasteiger partial charge in [0.25, 0.3) is 0 Å². The van der Waals surface area contributed by atoms with Crippen molar-refractivity contribution in [3.63, 3.8) is 0 Å². The average molecular weight is 262 g/mol. The molecule has 0 aromatic rings. The topological polar surface area (TPSA) is 102 Å². The Hall–Kier alpha value is -0.800. The molecule has 0 aromatic heterocycles. The van der Waals surface area contributed by atoms with Crippen LogP contribution in [-0.4, -0.2) is 68.9 Å². The van der Waals surface area contributed by atoms with Crippen LogP contribution in [0.2, 0.25) is 0 Å². The van der Waals surface area contributed by atoms with Crippen molar-refractivity contribution >= 4 is 23.2 Å². The number of aliphatic hydroxyl groups is 3. The number of nitrogens with zero attached hydrogens (tertiary/aromatic N) is 1. The van der Waals surface area contributed by atoms with Gasteiger partial charge in [-0.1, -0.05) is 0 Å². The Kier molecular flexibility index (Phi) is 3.59. The summed E-state index contributed by atoms with van der Waals surface area (Å²) in [5, 5.41) is 31.0. The molecular formula is C9H14N2O5S. The Balaban J connectivity index is 2.08. The molecule has 0 spiro atoms. The van der Waals surface area contributed by atoms with Gasteiger partial charge < -0.3 is 30.3 Å². The third-order valence-corrected chi connectivity index (χ3v) is 3.25. The minimum atomic E-state index is -1.17. The van der Waals surface area contributed by atoms with Gasteiger partial charge in [0.05, 0.1) is 6.61 Å². The highest BCUT2D eigenvalue weighted by Gasteiger charge is 2.46. The van der Waals surface area contributed by atoms with Gasteiger partial charge in [-0.05, 0) is 12.2 Å². The summed E-state index contributed by atoms with van der Waals surface area (Å²) in [6.45, 7) is -0.0705. The lowest BCUT2D eigenvalue weighted by Crippen LogP contribution is -2.56. The Morgan fingerprint density at radius 3 is 2.71 bits per heavy atom. The van der Waals surface area contributed by atoms with E-state index in [0.29, 0.717) is 6.54 Å². The number of carbonyl (C=O) groups excluding carboxylic acids is 1. The number of rotatable bonds is 2. The summed E-state index contributed by atoms with van der Waals surface area (Å²) < 4.78 is 5.32. The van der Waals surface area contributed by atoms with Crippen molar-refractivity contribution < 1.29 is 24.9 Å². The van der Waals surface area contributed by atoms with Crippen LogP contribution in [0.4, 0.5) is 0 Å². The number of carbonyl (C=O) groups is 1. The molecule has 0 aliphatic carbocycles. The van der Waals surface area contributed by atoms with Gasteiger partial charge in [0.1, 0.15) is 18.3 Å². The van der Waals surface area contributed by atoms with Crippen LogP contribution in [0.3, 0.4) is 0 Å². The summed E-state index contributed by atoms with van der Waals surface area (Å²) in [6, 6.07) is 0. The summed E-state index contributed by atoms with van der Waals surface area (Å²) in [6.07, 6.45) is -3.76. The monoisotopic (exact) mass is 262 g/mol. The second-order valence-electron chi connectivity index (χ2n) is 4.03. The van der Waals surface area contributed by atoms with Gasteiger partial charge in [-0.2, -0.15) is 0 Å². The highest BCUT2D eigenvalue weighted by molar-refractivity contribution is 7.80. The maximum atomic E-state index is 11.1. The van der Waals surface area contributed by atoms with E-state index in [4.69, 9.17) is 22.1 Å². The van der Waals surface area contributed by atoms with Crippen molar-refractivity contribution in [3.05, 3.63) is 0 Å². The summed E-state index contributed by atoms with van der Waals surface area (Å²) in [4.78, 5) is 12.6. The number of hydrogen-bond donors (Lipinski definition) is 4. The normalized spacial score (nSPS) is 38.4. The van der Waals surface area contributed by atoms with Crippen molar-refractivity contribution in [1.82, 2.24) is 10.2 Å². The lowest BCUT2D eigenvalue weighted by Gasteiger charge is -2.35. The van der Waals surface area contributed by atoms with Crippen LogP contribution in [0, 0.1) is 0 Å². The first-order valence-corrected chi connectivity index (χ1v) is 5.68. The van der Waals surface area contributed by atoms with E-state index in [1.807, 2.05) is 0 Å². The minimum absolute atomic E-state index is 0.163. The molecule has 17 heavy (non-hydrogen) atoms. The first kappa shape index (κ1) is 12.7. The number of amides is 1. The van der Waals surface area contributed by atoms with Crippen molar-refractivity contribution in [2.45, 2.75) is 31.0 Å². The molecule has 4 atom stereocenters. The van der Waals surface area contributed by atoms with Gasteiger partial charge in [0.2, 0.25) is 5.91 Å². The molecule has 2 aliphatic rings. The maximum Gasteiger partial charge on any atom is 0.227 e. The molecule has 2 saturated heterocycles. The fourth-order valence-electron chi connectivity index (χ4n) is 1.96. The van der Waals surface area contributed by atoms with Crippen molar-refractivity contribution in [3.8, 4) is 0 Å². The lowest BCUT2D eigenvalue weighted by atomic mass is 10.1. The molecule has 2 rings (SSSR count). The number of thiocarbonyl (C=S) groups is 1. The van der Waals surface area contributed by atoms with Crippen LogP contribution >= 0.6 is 12.2 Å². The zero-order valence-electron chi connectivity index (χ0n) is 8.94. The molecule has 0 aromatic carbocycles. The van der Waals surface area contributed by atoms with Crippen LogP contribution in [-0.2, 0) is 9.53 Å². The molecular weight excluding hydrogens is 248 g/mol. The van der Waals surface area contributed by atoms with E-state index >= 15 is 0 Å². The highest BCUT2D eigenvalue weighted by Crippen LogP contribution is 2.25. The summed E-state index contributed by atoms with van der Waals surface area (Å²) in [5.41, 5.74) is 0. The molecule has 0 saturated carbocycles. The van der Waals surface area contributed by atoms with Gasteiger partial charge in [-0.25, -0.2) is 0 Å². The molecule has 8 heteroatoms. The molecule has 7 nitrogen and oxygen atoms in total. The third kappa shape index (κ3) is 2.26. The van der Waals surface area contributed by atoms with Gasteiger partial charge in [0, 0.05) is 13.0 Å². The fourth-order valence-corrected chi connectivity index (χ4v) is 2.27. The first-order valence-electron chi connectivity index (χ1n) is 5.27. The molecule has 0 radical (unpaired) electrons. The molecule has 96 valence electrons. The predicted octanol–water partition coefficient (Wildman–Crippen LogP) is -2.47. The maximum absolute atomic E-state index is 11.1. The van der Waals surface area contributed by atoms with Gasteiger partial charge >= 0.3 is 0 Å². The smallest absolute Gasteiger partial charge is 0.227 e. The second kappa shape index (κ2) is 4.83. The Bertz CT molecular complexity index is 339. The zero-order chi connectivity index (χ0) is 12.6. The van der Waals surface area contributed by atoms with Gasteiger partial charge in [-0.15, -0.1) is 0 Å². The Labute approximate surface area is 103 Å². The number of hydrogen-bond acceptors (Lipinski definition) is 6.